The van der Waals surface area contributed by atoms with Gasteiger partial charge in [0.2, 0.25) is 5.91 Å². The van der Waals surface area contributed by atoms with Crippen LogP contribution < -0.4 is 11.1 Å². The van der Waals surface area contributed by atoms with Crippen LogP contribution in [0.4, 0.5) is 5.69 Å². The Hall–Kier alpha value is -1.98. The molecule has 106 valence electrons. The van der Waals surface area contributed by atoms with E-state index in [1.807, 2.05) is 37.3 Å². The third kappa shape index (κ3) is 3.31. The second-order valence-corrected chi connectivity index (χ2v) is 4.68. The number of nitrogens with one attached hydrogen (secondary N) is 1. The number of amides is 1. The number of hydrogen-bond donors (Lipinski definition) is 2. The fourth-order valence-corrected chi connectivity index (χ4v) is 2.02. The van der Waals surface area contributed by atoms with Gasteiger partial charge >= 0.3 is 0 Å². The molecule has 1 unspecified atom stereocenters. The lowest BCUT2D eigenvalue weighted by molar-refractivity contribution is -0.118. The number of carbonyl (C=O) groups excluding carboxylic acids is 1. The summed E-state index contributed by atoms with van der Waals surface area (Å²) in [6.45, 7) is 2.24. The van der Waals surface area contributed by atoms with E-state index in [9.17, 15) is 4.79 Å². The Labute approximate surface area is 118 Å². The normalized spacial score (nSPS) is 12.3. The zero-order valence-corrected chi connectivity index (χ0v) is 11.7. The lowest BCUT2D eigenvalue weighted by atomic mass is 10.1. The van der Waals surface area contributed by atoms with Crippen molar-refractivity contribution in [3.8, 4) is 0 Å². The number of aromatic nitrogens is 1. The van der Waals surface area contributed by atoms with Gasteiger partial charge < -0.3 is 15.8 Å². The highest BCUT2D eigenvalue weighted by molar-refractivity contribution is 6.00. The SMILES string of the molecule is COC(CN)CC(=O)Nc1cccc2ccc(C)nc12. The maximum absolute atomic E-state index is 12.0. The minimum Gasteiger partial charge on any atom is -0.380 e. The number of nitrogens with two attached hydrogens (primary N) is 1. The Kier molecular flexibility index (Phi) is 4.65. The van der Waals surface area contributed by atoms with Gasteiger partial charge in [0.15, 0.2) is 0 Å². The lowest BCUT2D eigenvalue weighted by Gasteiger charge is -2.13. The highest BCUT2D eigenvalue weighted by Gasteiger charge is 2.13. The Morgan fingerprint density at radius 2 is 2.20 bits per heavy atom. The first-order valence-corrected chi connectivity index (χ1v) is 6.53. The van der Waals surface area contributed by atoms with Crippen LogP contribution in [-0.4, -0.2) is 30.6 Å². The molecule has 2 aromatic rings. The number of rotatable bonds is 5. The molecule has 1 aromatic heterocycles. The smallest absolute Gasteiger partial charge is 0.227 e. The van der Waals surface area contributed by atoms with E-state index in [1.165, 1.54) is 0 Å². The first-order chi connectivity index (χ1) is 9.63. The van der Waals surface area contributed by atoms with Crippen LogP contribution in [0.25, 0.3) is 10.9 Å². The summed E-state index contributed by atoms with van der Waals surface area (Å²) in [5.74, 6) is -0.127. The van der Waals surface area contributed by atoms with Crippen LogP contribution in [0.2, 0.25) is 0 Å². The number of carbonyl (C=O) groups is 1. The number of pyridine rings is 1. The average Bonchev–Trinajstić information content (AvgIpc) is 2.45. The predicted molar refractivity (Wildman–Crippen MR) is 79.6 cm³/mol. The quantitative estimate of drug-likeness (QED) is 0.871. The topological polar surface area (TPSA) is 77.2 Å². The van der Waals surface area contributed by atoms with Crippen LogP contribution in [-0.2, 0) is 9.53 Å². The summed E-state index contributed by atoms with van der Waals surface area (Å²) in [7, 11) is 1.55. The Morgan fingerprint density at radius 1 is 1.40 bits per heavy atom. The lowest BCUT2D eigenvalue weighted by Crippen LogP contribution is -2.28. The molecule has 2 rings (SSSR count). The van der Waals surface area contributed by atoms with Crippen molar-refractivity contribution in [2.24, 2.45) is 5.73 Å². The van der Waals surface area contributed by atoms with Gasteiger partial charge in [-0.2, -0.15) is 0 Å². The predicted octanol–water partition coefficient (Wildman–Crippen LogP) is 1.85. The zero-order chi connectivity index (χ0) is 14.5. The number of aryl methyl sites for hydroxylation is 1. The Morgan fingerprint density at radius 3 is 2.90 bits per heavy atom. The minimum absolute atomic E-state index is 0.127. The number of fused-ring (bicyclic) bond motifs is 1. The molecule has 1 atom stereocenters. The zero-order valence-electron chi connectivity index (χ0n) is 11.7. The van der Waals surface area contributed by atoms with Crippen molar-refractivity contribution in [1.82, 2.24) is 4.98 Å². The summed E-state index contributed by atoms with van der Waals surface area (Å²) in [4.78, 5) is 16.5. The molecule has 0 aliphatic heterocycles. The molecule has 0 aliphatic rings. The second-order valence-electron chi connectivity index (χ2n) is 4.68. The molecule has 20 heavy (non-hydrogen) atoms. The monoisotopic (exact) mass is 273 g/mol. The van der Waals surface area contributed by atoms with Gasteiger partial charge in [-0.05, 0) is 19.1 Å². The number of hydrogen-bond acceptors (Lipinski definition) is 4. The summed E-state index contributed by atoms with van der Waals surface area (Å²) in [6, 6.07) is 9.65. The highest BCUT2D eigenvalue weighted by Crippen LogP contribution is 2.22. The summed E-state index contributed by atoms with van der Waals surface area (Å²) < 4.78 is 5.11. The van der Waals surface area contributed by atoms with Crippen LogP contribution in [0.5, 0.6) is 0 Å². The van der Waals surface area contributed by atoms with Crippen LogP contribution in [0, 0.1) is 6.92 Å². The van der Waals surface area contributed by atoms with Crippen molar-refractivity contribution < 1.29 is 9.53 Å². The molecule has 0 saturated carbocycles. The van der Waals surface area contributed by atoms with Crippen LogP contribution in [0.3, 0.4) is 0 Å². The van der Waals surface area contributed by atoms with Crippen molar-refractivity contribution in [2.45, 2.75) is 19.4 Å². The van der Waals surface area contributed by atoms with Gasteiger partial charge in [-0.25, -0.2) is 0 Å². The van der Waals surface area contributed by atoms with Crippen molar-refractivity contribution in [3.63, 3.8) is 0 Å². The number of methoxy groups -OCH3 is 1. The van der Waals surface area contributed by atoms with E-state index >= 15 is 0 Å². The second kappa shape index (κ2) is 6.45. The number of benzene rings is 1. The summed E-state index contributed by atoms with van der Waals surface area (Å²) in [5.41, 5.74) is 7.94. The van der Waals surface area contributed by atoms with Gasteiger partial charge in [-0.1, -0.05) is 18.2 Å². The summed E-state index contributed by atoms with van der Waals surface area (Å²) in [6.07, 6.45) is -0.0328. The maximum atomic E-state index is 12.0. The number of anilines is 1. The third-order valence-electron chi connectivity index (χ3n) is 3.14. The number of ether oxygens (including phenoxy) is 1. The molecule has 0 spiro atoms. The van der Waals surface area contributed by atoms with Gasteiger partial charge in [-0.3, -0.25) is 9.78 Å². The molecule has 5 heteroatoms. The molecular formula is C15H19N3O2. The van der Waals surface area contributed by atoms with Crippen LogP contribution >= 0.6 is 0 Å². The number of nitrogens with zero attached hydrogens (tertiary/aromatic N) is 1. The van der Waals surface area contributed by atoms with E-state index in [0.717, 1.165) is 16.6 Å². The van der Waals surface area contributed by atoms with E-state index < -0.39 is 0 Å². The van der Waals surface area contributed by atoms with Gasteiger partial charge in [-0.15, -0.1) is 0 Å². The van der Waals surface area contributed by atoms with Crippen LogP contribution in [0.1, 0.15) is 12.1 Å². The van der Waals surface area contributed by atoms with Gasteiger partial charge in [0.25, 0.3) is 0 Å². The van der Waals surface area contributed by atoms with Crippen molar-refractivity contribution in [2.75, 3.05) is 19.0 Å². The molecule has 1 heterocycles. The van der Waals surface area contributed by atoms with Gasteiger partial charge in [0.05, 0.1) is 23.7 Å². The van der Waals surface area contributed by atoms with E-state index in [2.05, 4.69) is 10.3 Å². The van der Waals surface area contributed by atoms with Crippen LogP contribution in [0.15, 0.2) is 30.3 Å². The maximum Gasteiger partial charge on any atom is 0.227 e. The van der Waals surface area contributed by atoms with Gasteiger partial charge in [0, 0.05) is 24.7 Å². The molecule has 0 radical (unpaired) electrons. The fraction of sp³-hybridized carbons (Fsp3) is 0.333. The van der Waals surface area contributed by atoms with E-state index in [1.54, 1.807) is 7.11 Å². The average molecular weight is 273 g/mol. The molecule has 0 bridgehead atoms. The standard InChI is InChI=1S/C15H19N3O2/c1-10-6-7-11-4-3-5-13(15(11)17-10)18-14(19)8-12(9-16)20-2/h3-7,12H,8-9,16H2,1-2H3,(H,18,19). The number of para-hydroxylation sites is 1. The van der Waals surface area contributed by atoms with Gasteiger partial charge in [0.1, 0.15) is 0 Å². The minimum atomic E-state index is -0.264. The Bertz CT molecular complexity index is 609. The van der Waals surface area contributed by atoms with E-state index in [4.69, 9.17) is 10.5 Å². The molecule has 1 aromatic carbocycles. The molecule has 0 fully saturated rings. The molecule has 0 saturated heterocycles. The van der Waals surface area contributed by atoms with Crippen molar-refractivity contribution >= 4 is 22.5 Å². The van der Waals surface area contributed by atoms with Crippen molar-refractivity contribution in [1.29, 1.82) is 0 Å². The first-order valence-electron chi connectivity index (χ1n) is 6.53. The fourth-order valence-electron chi connectivity index (χ4n) is 2.02. The molecule has 1 amide bonds. The molecule has 3 N–H and O–H groups in total. The largest absolute Gasteiger partial charge is 0.380 e. The molecular weight excluding hydrogens is 254 g/mol. The van der Waals surface area contributed by atoms with E-state index in [-0.39, 0.29) is 18.4 Å². The first kappa shape index (κ1) is 14.4. The van der Waals surface area contributed by atoms with E-state index in [0.29, 0.717) is 12.2 Å². The molecule has 0 aliphatic carbocycles. The summed E-state index contributed by atoms with van der Waals surface area (Å²) >= 11 is 0. The Balaban J connectivity index is 2.21. The molecule has 5 nitrogen and oxygen atoms in total. The highest BCUT2D eigenvalue weighted by atomic mass is 16.5. The van der Waals surface area contributed by atoms with Crippen molar-refractivity contribution in [3.05, 3.63) is 36.0 Å². The third-order valence-corrected chi connectivity index (χ3v) is 3.14. The summed E-state index contributed by atoms with van der Waals surface area (Å²) in [5, 5.41) is 3.87.